The van der Waals surface area contributed by atoms with Gasteiger partial charge in [-0.25, -0.2) is 14.5 Å². The average Bonchev–Trinajstić information content (AvgIpc) is 2.84. The van der Waals surface area contributed by atoms with Crippen LogP contribution in [0.2, 0.25) is 0 Å². The summed E-state index contributed by atoms with van der Waals surface area (Å²) >= 11 is 0. The molecule has 2 fully saturated rings. The second kappa shape index (κ2) is 7.64. The van der Waals surface area contributed by atoms with Gasteiger partial charge in [0.05, 0.1) is 6.04 Å². The molecule has 26 heavy (non-hydrogen) atoms. The van der Waals surface area contributed by atoms with Crippen molar-refractivity contribution in [3.63, 3.8) is 0 Å². The molecule has 5 nitrogen and oxygen atoms in total. The van der Waals surface area contributed by atoms with Crippen molar-refractivity contribution in [1.29, 1.82) is 0 Å². The average molecular weight is 379 g/mol. The van der Waals surface area contributed by atoms with Crippen LogP contribution in [0.1, 0.15) is 53.9 Å². The minimum absolute atomic E-state index is 0.129. The fraction of sp³-hybridized carbons (Fsp3) is 0.889. The standard InChI is InChI=1S/C18H28F3NO4/c1-9(2)12-7-6-11(5)8-13(12)25-16(23)22-14(10(3)4)15(18(19,20)21)26-17(22)24/h9-15H,6-8H2,1-5H3/t11-,12+,13-,14-,15+/m1/s1. The first-order valence-electron chi connectivity index (χ1n) is 9.20. The zero-order valence-corrected chi connectivity index (χ0v) is 15.9. The molecule has 8 heteroatoms. The molecule has 150 valence electrons. The third-order valence-corrected chi connectivity index (χ3v) is 5.45. The van der Waals surface area contributed by atoms with Crippen LogP contribution in [0.3, 0.4) is 0 Å². The highest BCUT2D eigenvalue weighted by Gasteiger charge is 2.59. The first kappa shape index (κ1) is 20.8. The normalized spacial score (nSPS) is 32.9. The predicted octanol–water partition coefficient (Wildman–Crippen LogP) is 4.99. The number of halogens is 3. The van der Waals surface area contributed by atoms with Gasteiger partial charge in [-0.3, -0.25) is 0 Å². The molecule has 2 aliphatic rings. The number of carbonyl (C=O) groups excluding carboxylic acids is 2. The Morgan fingerprint density at radius 3 is 2.31 bits per heavy atom. The summed E-state index contributed by atoms with van der Waals surface area (Å²) in [6.07, 6.45) is -7.24. The number of rotatable bonds is 3. The van der Waals surface area contributed by atoms with E-state index >= 15 is 0 Å². The molecule has 5 atom stereocenters. The number of ether oxygens (including phenoxy) is 2. The summed E-state index contributed by atoms with van der Waals surface area (Å²) in [5.74, 6) is 0.142. The number of imide groups is 1. The van der Waals surface area contributed by atoms with Gasteiger partial charge in [0.25, 0.3) is 0 Å². The van der Waals surface area contributed by atoms with E-state index in [0.29, 0.717) is 17.2 Å². The number of hydrogen-bond donors (Lipinski definition) is 0. The molecule has 0 aromatic rings. The van der Waals surface area contributed by atoms with Gasteiger partial charge in [0.15, 0.2) is 0 Å². The van der Waals surface area contributed by atoms with Gasteiger partial charge in [0.2, 0.25) is 6.10 Å². The summed E-state index contributed by atoms with van der Waals surface area (Å²) in [5.41, 5.74) is 0. The van der Waals surface area contributed by atoms with Crippen LogP contribution in [0, 0.1) is 23.7 Å². The molecule has 1 saturated carbocycles. The van der Waals surface area contributed by atoms with Crippen LogP contribution >= 0.6 is 0 Å². The molecule has 2 amide bonds. The van der Waals surface area contributed by atoms with Gasteiger partial charge in [-0.2, -0.15) is 13.2 Å². The Labute approximate surface area is 152 Å². The van der Waals surface area contributed by atoms with E-state index in [0.717, 1.165) is 12.8 Å². The molecule has 0 aromatic heterocycles. The lowest BCUT2D eigenvalue weighted by molar-refractivity contribution is -0.203. The Morgan fingerprint density at radius 2 is 1.81 bits per heavy atom. The summed E-state index contributed by atoms with van der Waals surface area (Å²) in [6.45, 7) is 9.15. The highest BCUT2D eigenvalue weighted by Crippen LogP contribution is 2.39. The van der Waals surface area contributed by atoms with Gasteiger partial charge >= 0.3 is 18.4 Å². The van der Waals surface area contributed by atoms with E-state index in [2.05, 4.69) is 11.7 Å². The van der Waals surface area contributed by atoms with Crippen molar-refractivity contribution in [1.82, 2.24) is 4.90 Å². The Morgan fingerprint density at radius 1 is 1.19 bits per heavy atom. The Hall–Kier alpha value is -1.47. The first-order chi connectivity index (χ1) is 11.9. The molecule has 2 rings (SSSR count). The van der Waals surface area contributed by atoms with E-state index in [1.807, 2.05) is 13.8 Å². The van der Waals surface area contributed by atoms with E-state index in [4.69, 9.17) is 4.74 Å². The highest BCUT2D eigenvalue weighted by atomic mass is 19.4. The number of carbonyl (C=O) groups is 2. The maximum atomic E-state index is 13.2. The van der Waals surface area contributed by atoms with Crippen molar-refractivity contribution in [2.24, 2.45) is 23.7 Å². The molecular weight excluding hydrogens is 351 g/mol. The van der Waals surface area contributed by atoms with Gasteiger partial charge < -0.3 is 9.47 Å². The van der Waals surface area contributed by atoms with Crippen LogP contribution in [-0.4, -0.2) is 41.5 Å². The number of amides is 2. The summed E-state index contributed by atoms with van der Waals surface area (Å²) in [5, 5.41) is 0. The van der Waals surface area contributed by atoms with Crippen LogP contribution in [0.25, 0.3) is 0 Å². The number of nitrogens with zero attached hydrogens (tertiary/aromatic N) is 1. The minimum Gasteiger partial charge on any atom is -0.445 e. The second-order valence-corrected chi connectivity index (χ2v) is 8.20. The molecule has 0 bridgehead atoms. The summed E-state index contributed by atoms with van der Waals surface area (Å²) < 4.78 is 49.6. The molecule has 0 aromatic carbocycles. The number of cyclic esters (lactones) is 1. The molecule has 1 aliphatic carbocycles. The van der Waals surface area contributed by atoms with Crippen molar-refractivity contribution in [3.05, 3.63) is 0 Å². The molecule has 1 aliphatic heterocycles. The zero-order chi connectivity index (χ0) is 19.8. The van der Waals surface area contributed by atoms with Gasteiger partial charge in [0.1, 0.15) is 6.10 Å². The van der Waals surface area contributed by atoms with Crippen LogP contribution in [0.4, 0.5) is 22.8 Å². The van der Waals surface area contributed by atoms with E-state index < -0.39 is 42.5 Å². The lowest BCUT2D eigenvalue weighted by Gasteiger charge is -2.37. The Kier molecular flexibility index (Phi) is 6.13. The first-order valence-corrected chi connectivity index (χ1v) is 9.20. The molecule has 0 unspecified atom stereocenters. The van der Waals surface area contributed by atoms with Crippen LogP contribution in [-0.2, 0) is 9.47 Å². The zero-order valence-electron chi connectivity index (χ0n) is 15.9. The molecule has 0 N–H and O–H groups in total. The van der Waals surface area contributed by atoms with Crippen molar-refractivity contribution in [3.8, 4) is 0 Å². The third-order valence-electron chi connectivity index (χ3n) is 5.45. The number of alkyl halides is 3. The minimum atomic E-state index is -4.74. The smallest absolute Gasteiger partial charge is 0.427 e. The predicted molar refractivity (Wildman–Crippen MR) is 88.4 cm³/mol. The molecular formula is C18H28F3NO4. The van der Waals surface area contributed by atoms with Gasteiger partial charge in [-0.15, -0.1) is 0 Å². The second-order valence-electron chi connectivity index (χ2n) is 8.20. The van der Waals surface area contributed by atoms with E-state index in [1.165, 1.54) is 13.8 Å². The maximum absolute atomic E-state index is 13.2. The Balaban J connectivity index is 2.19. The lowest BCUT2D eigenvalue weighted by atomic mass is 9.75. The summed E-state index contributed by atoms with van der Waals surface area (Å²) in [4.78, 5) is 25.1. The maximum Gasteiger partial charge on any atom is 0.427 e. The van der Waals surface area contributed by atoms with Gasteiger partial charge in [0, 0.05) is 0 Å². The van der Waals surface area contributed by atoms with Crippen molar-refractivity contribution in [2.45, 2.75) is 78.3 Å². The van der Waals surface area contributed by atoms with Crippen LogP contribution < -0.4 is 0 Å². The molecule has 0 spiro atoms. The monoisotopic (exact) mass is 379 g/mol. The Bertz CT molecular complexity index is 535. The van der Waals surface area contributed by atoms with Crippen molar-refractivity contribution in [2.75, 3.05) is 0 Å². The van der Waals surface area contributed by atoms with E-state index in [-0.39, 0.29) is 11.8 Å². The largest absolute Gasteiger partial charge is 0.445 e. The quantitative estimate of drug-likeness (QED) is 0.693. The lowest BCUT2D eigenvalue weighted by Crippen LogP contribution is -2.50. The topological polar surface area (TPSA) is 55.8 Å². The summed E-state index contributed by atoms with van der Waals surface area (Å²) in [7, 11) is 0. The van der Waals surface area contributed by atoms with Gasteiger partial charge in [-0.1, -0.05) is 41.0 Å². The van der Waals surface area contributed by atoms with Gasteiger partial charge in [-0.05, 0) is 36.5 Å². The molecule has 0 radical (unpaired) electrons. The van der Waals surface area contributed by atoms with Crippen LogP contribution in [0.15, 0.2) is 0 Å². The third kappa shape index (κ3) is 4.26. The SMILES string of the molecule is CC(C)[C@@H]1[C@@H](C(F)(F)F)OC(=O)N1C(=O)O[C@@H]1C[C@H](C)CC[C@H]1C(C)C. The molecule has 1 heterocycles. The highest BCUT2D eigenvalue weighted by molar-refractivity contribution is 5.90. The summed E-state index contributed by atoms with van der Waals surface area (Å²) in [6, 6.07) is -1.42. The van der Waals surface area contributed by atoms with Crippen molar-refractivity contribution < 1.29 is 32.2 Å². The van der Waals surface area contributed by atoms with E-state index in [9.17, 15) is 22.8 Å². The van der Waals surface area contributed by atoms with Crippen LogP contribution in [0.5, 0.6) is 0 Å². The van der Waals surface area contributed by atoms with E-state index in [1.54, 1.807) is 0 Å². The fourth-order valence-electron chi connectivity index (χ4n) is 4.03. The fourth-order valence-corrected chi connectivity index (χ4v) is 4.03. The number of hydrogen-bond acceptors (Lipinski definition) is 4. The van der Waals surface area contributed by atoms with Crippen molar-refractivity contribution >= 4 is 12.2 Å². The molecule has 1 saturated heterocycles.